The fourth-order valence-corrected chi connectivity index (χ4v) is 22.4. The minimum Gasteiger partial charge on any atom is -0.376 e. The lowest BCUT2D eigenvalue weighted by Gasteiger charge is -2.49. The monoisotopic (exact) mass is 1570 g/mol. The summed E-state index contributed by atoms with van der Waals surface area (Å²) >= 11 is 0. The van der Waals surface area contributed by atoms with E-state index in [1.165, 1.54) is 223 Å². The van der Waals surface area contributed by atoms with E-state index in [1.54, 1.807) is 0 Å². The predicted octanol–water partition coefficient (Wildman–Crippen LogP) is 24.3. The topological polar surface area (TPSA) is 50.2 Å². The highest BCUT2D eigenvalue weighted by Gasteiger charge is 2.53. The molecular formula is C112H70B3N9. The molecule has 0 saturated heterocycles. The number of rotatable bonds is 6. The second-order valence-corrected chi connectivity index (χ2v) is 33.3. The lowest BCUT2D eigenvalue weighted by Crippen LogP contribution is -2.63. The first kappa shape index (κ1) is 68.7. The van der Waals surface area contributed by atoms with Gasteiger partial charge in [-0.25, -0.2) is 0 Å². The van der Waals surface area contributed by atoms with E-state index in [2.05, 4.69) is 445 Å². The zero-order valence-electron chi connectivity index (χ0n) is 67.2. The van der Waals surface area contributed by atoms with Crippen LogP contribution in [0.25, 0.3) is 117 Å². The van der Waals surface area contributed by atoms with Crippen LogP contribution < -0.4 is 61.9 Å². The molecule has 0 unspecified atom stereocenters. The highest BCUT2D eigenvalue weighted by atomic mass is 15.2. The van der Waals surface area contributed by atoms with Gasteiger partial charge in [0, 0.05) is 148 Å². The van der Waals surface area contributed by atoms with Gasteiger partial charge in [0.05, 0.1) is 22.4 Å². The number of anilines is 15. The van der Waals surface area contributed by atoms with Crippen molar-refractivity contribution >= 4 is 160 Å². The Morgan fingerprint density at radius 2 is 0.524 bits per heavy atom. The van der Waals surface area contributed by atoms with Crippen LogP contribution in [0.2, 0.25) is 0 Å². The van der Waals surface area contributed by atoms with Crippen molar-refractivity contribution in [1.29, 1.82) is 0 Å². The number of aromatic nitrogens is 3. The van der Waals surface area contributed by atoms with Crippen LogP contribution in [0.5, 0.6) is 0 Å². The molecule has 9 nitrogen and oxygen atoms in total. The van der Waals surface area contributed by atoms with E-state index >= 15 is 0 Å². The molecule has 0 atom stereocenters. The minimum absolute atomic E-state index is 0.0823. The van der Waals surface area contributed by atoms with Gasteiger partial charge in [-0.2, -0.15) is 0 Å². The number of hydrogen-bond acceptors (Lipinski definition) is 8. The Balaban J connectivity index is 0.0000000977. The SMILES string of the molecule is c1ccc(-c2cccc(N3c4cccc5c4B4c6c(cccc63)-c3cnccc3N4c3ccccc3-5)c2)cc1.c1ccc(-c2cccc(N3c4cccc5c4B4c6c(cccc63)-c3ncccc3N4c3ccccc3-5)c2)cc1.c1ccc(N2c3cccc4c3B3c5c(cccc52)-c2cc(-n5c6ccccc6c6ccccc65)ccc2N3c2ccccc2-4)cc1. The number of hydrogen-bond donors (Lipinski definition) is 0. The molecule has 0 N–H and O–H groups in total. The zero-order chi connectivity index (χ0) is 80.9. The van der Waals surface area contributed by atoms with Crippen molar-refractivity contribution in [3.8, 4) is 94.8 Å². The van der Waals surface area contributed by atoms with E-state index in [-0.39, 0.29) is 20.5 Å². The van der Waals surface area contributed by atoms with E-state index in [0.29, 0.717) is 0 Å². The van der Waals surface area contributed by atoms with Crippen LogP contribution >= 0.6 is 0 Å². The van der Waals surface area contributed by atoms with Crippen molar-refractivity contribution in [2.24, 2.45) is 0 Å². The van der Waals surface area contributed by atoms with Gasteiger partial charge in [-0.15, -0.1) is 0 Å². The summed E-state index contributed by atoms with van der Waals surface area (Å²) in [4.78, 5) is 24.6. The van der Waals surface area contributed by atoms with Gasteiger partial charge in [-0.3, -0.25) is 9.97 Å². The molecule has 9 aliphatic heterocycles. The summed E-state index contributed by atoms with van der Waals surface area (Å²) in [6, 6.07) is 148. The highest BCUT2D eigenvalue weighted by Crippen LogP contribution is 2.57. The van der Waals surface area contributed by atoms with Gasteiger partial charge in [-0.1, -0.05) is 267 Å². The molecule has 0 aliphatic carbocycles. The first-order chi connectivity index (χ1) is 61.6. The number of fused-ring (bicyclic) bond motifs is 21. The Morgan fingerprint density at radius 3 is 1.01 bits per heavy atom. The van der Waals surface area contributed by atoms with E-state index < -0.39 is 0 Å². The molecule has 0 fully saturated rings. The maximum Gasteiger partial charge on any atom is 0.333 e. The molecule has 3 aromatic heterocycles. The van der Waals surface area contributed by atoms with Crippen LogP contribution in [0.15, 0.2) is 425 Å². The van der Waals surface area contributed by atoms with Gasteiger partial charge < -0.3 is 33.7 Å². The molecule has 29 rings (SSSR count). The molecule has 0 bridgehead atoms. The summed E-state index contributed by atoms with van der Waals surface area (Å²) in [6.07, 6.45) is 5.86. The number of benzene rings is 17. The van der Waals surface area contributed by atoms with E-state index in [1.807, 2.05) is 18.6 Å². The van der Waals surface area contributed by atoms with Crippen molar-refractivity contribution in [2.75, 3.05) is 29.1 Å². The van der Waals surface area contributed by atoms with Gasteiger partial charge >= 0.3 is 20.5 Å². The summed E-state index contributed by atoms with van der Waals surface area (Å²) in [7, 11) is 0. The summed E-state index contributed by atoms with van der Waals surface area (Å²) in [5.41, 5.74) is 50.0. The summed E-state index contributed by atoms with van der Waals surface area (Å²) < 4.78 is 2.43. The largest absolute Gasteiger partial charge is 0.376 e. The summed E-state index contributed by atoms with van der Waals surface area (Å²) in [5.74, 6) is 0. The van der Waals surface area contributed by atoms with Crippen molar-refractivity contribution in [3.05, 3.63) is 425 Å². The fraction of sp³-hybridized carbons (Fsp3) is 0. The Hall–Kier alpha value is -16.2. The van der Waals surface area contributed by atoms with Gasteiger partial charge in [0.2, 0.25) is 0 Å². The Kier molecular flexibility index (Phi) is 14.8. The molecule has 124 heavy (non-hydrogen) atoms. The van der Waals surface area contributed by atoms with Crippen LogP contribution in [0.4, 0.5) is 85.3 Å². The molecule has 20 aromatic rings. The minimum atomic E-state index is 0.0823. The Morgan fingerprint density at radius 1 is 0.194 bits per heavy atom. The van der Waals surface area contributed by atoms with Crippen LogP contribution in [-0.4, -0.2) is 35.1 Å². The van der Waals surface area contributed by atoms with Crippen LogP contribution in [0.1, 0.15) is 0 Å². The van der Waals surface area contributed by atoms with E-state index in [0.717, 1.165) is 11.4 Å². The maximum atomic E-state index is 4.93. The number of nitrogens with zero attached hydrogens (tertiary/aromatic N) is 9. The third-order valence-electron chi connectivity index (χ3n) is 27.2. The second-order valence-electron chi connectivity index (χ2n) is 33.3. The summed E-state index contributed by atoms with van der Waals surface area (Å²) in [5, 5.41) is 2.56. The number of para-hydroxylation sites is 6. The average Bonchev–Trinajstić information content (AvgIpc) is 0.836. The van der Waals surface area contributed by atoms with Crippen LogP contribution in [0.3, 0.4) is 0 Å². The molecule has 12 heteroatoms. The quantitative estimate of drug-likeness (QED) is 0.153. The summed E-state index contributed by atoms with van der Waals surface area (Å²) in [6.45, 7) is 0.266. The second kappa shape index (κ2) is 26.7. The third kappa shape index (κ3) is 9.73. The van der Waals surface area contributed by atoms with Crippen LogP contribution in [-0.2, 0) is 0 Å². The van der Waals surface area contributed by atoms with Crippen molar-refractivity contribution in [2.45, 2.75) is 0 Å². The first-order valence-corrected chi connectivity index (χ1v) is 42.9. The molecule has 0 radical (unpaired) electrons. The fourth-order valence-electron chi connectivity index (χ4n) is 22.4. The van der Waals surface area contributed by atoms with Crippen molar-refractivity contribution in [3.63, 3.8) is 0 Å². The normalized spacial score (nSPS) is 13.5. The van der Waals surface area contributed by atoms with Gasteiger partial charge in [0.25, 0.3) is 0 Å². The lowest BCUT2D eigenvalue weighted by molar-refractivity contribution is 1.18. The smallest absolute Gasteiger partial charge is 0.333 e. The molecule has 0 spiro atoms. The molecule has 0 amide bonds. The van der Waals surface area contributed by atoms with Gasteiger partial charge in [-0.05, 0) is 222 Å². The van der Waals surface area contributed by atoms with E-state index in [4.69, 9.17) is 4.98 Å². The van der Waals surface area contributed by atoms with E-state index in [9.17, 15) is 0 Å². The third-order valence-corrected chi connectivity index (χ3v) is 27.2. The molecule has 0 saturated carbocycles. The highest BCUT2D eigenvalue weighted by molar-refractivity contribution is 6.97. The molecule has 17 aromatic carbocycles. The molecular weight excluding hydrogens is 1500 g/mol. The Bertz CT molecular complexity index is 7390. The average molecular weight is 1570 g/mol. The predicted molar refractivity (Wildman–Crippen MR) is 518 cm³/mol. The zero-order valence-corrected chi connectivity index (χ0v) is 67.2. The lowest BCUT2D eigenvalue weighted by atomic mass is 9.41. The van der Waals surface area contributed by atoms with Gasteiger partial charge in [0.15, 0.2) is 0 Å². The van der Waals surface area contributed by atoms with Crippen LogP contribution in [0, 0.1) is 0 Å². The maximum absolute atomic E-state index is 4.93. The van der Waals surface area contributed by atoms with Gasteiger partial charge in [0.1, 0.15) is 0 Å². The Labute approximate surface area is 719 Å². The molecule has 12 heterocycles. The molecule has 572 valence electrons. The number of pyridine rings is 2. The van der Waals surface area contributed by atoms with Crippen molar-refractivity contribution in [1.82, 2.24) is 14.5 Å². The molecule has 9 aliphatic rings. The van der Waals surface area contributed by atoms with Crippen molar-refractivity contribution < 1.29 is 0 Å². The standard InChI is InChI=1S/C42H26BN3.2C35H22BN3/c1-2-12-27(13-3-1)44-39-22-10-17-32-31-16-6-9-21-37(31)46-38-25-24-28(26-34(38)33-18-11-23-40(44)42(33)43(46)41(32)39)45-35-19-7-4-14-29(35)30-15-5-8-20-36(30)45;1-2-10-23(11-3-1)24-12-6-13-25(22-24)38-30-18-7-15-27-26-14-4-5-17-29(26)39-32-20-9-21-37-35(32)28-16-8-19-31(38)34(28)36(39)33(27)30;1-2-9-23(10-3-1)24-11-6-12-25(21-24)38-32-17-7-14-27-26-13-4-5-16-30(26)39-31-19-20-37-22-29(31)28-15-8-18-33(38)35(28)36(39)34(27)32/h1-26H;2*1-22H. The first-order valence-electron chi connectivity index (χ1n) is 42.9.